The highest BCUT2D eigenvalue weighted by molar-refractivity contribution is 5.49. The molecular weight excluding hydrogens is 290 g/mol. The van der Waals surface area contributed by atoms with Crippen LogP contribution >= 0.6 is 0 Å². The van der Waals surface area contributed by atoms with E-state index in [9.17, 15) is 5.11 Å². The lowest BCUT2D eigenvalue weighted by Gasteiger charge is -2.37. The monoisotopic (exact) mass is 317 g/mol. The Balaban J connectivity index is 2.01. The van der Waals surface area contributed by atoms with Gasteiger partial charge in [-0.05, 0) is 49.5 Å². The topological polar surface area (TPSA) is 41.9 Å². The van der Waals surface area contributed by atoms with Crippen LogP contribution in [0, 0.1) is 0 Å². The first kappa shape index (κ1) is 16.2. The lowest BCUT2D eigenvalue weighted by atomic mass is 9.70. The maximum Gasteiger partial charge on any atom is 0.161 e. The first-order valence-electron chi connectivity index (χ1n) is 8.53. The third kappa shape index (κ3) is 2.80. The van der Waals surface area contributed by atoms with E-state index in [4.69, 9.17) is 9.47 Å². The molecule has 4 heteroatoms. The van der Waals surface area contributed by atoms with Crippen molar-refractivity contribution in [1.29, 1.82) is 0 Å². The second-order valence-corrected chi connectivity index (χ2v) is 6.63. The highest BCUT2D eigenvalue weighted by Crippen LogP contribution is 2.50. The molecule has 1 aromatic carbocycles. The molecule has 0 radical (unpaired) electrons. The van der Waals surface area contributed by atoms with Crippen molar-refractivity contribution in [3.05, 3.63) is 35.5 Å². The third-order valence-electron chi connectivity index (χ3n) is 5.17. The molecule has 2 aliphatic rings. The zero-order valence-corrected chi connectivity index (χ0v) is 14.3. The average molecular weight is 317 g/mol. The van der Waals surface area contributed by atoms with Crippen molar-refractivity contribution in [3.8, 4) is 11.5 Å². The Morgan fingerprint density at radius 1 is 1.30 bits per heavy atom. The number of hydrogen-bond acceptors (Lipinski definition) is 4. The van der Waals surface area contributed by atoms with Crippen molar-refractivity contribution in [2.75, 3.05) is 27.3 Å². The zero-order chi connectivity index (χ0) is 16.4. The van der Waals surface area contributed by atoms with Crippen LogP contribution in [0.25, 0.3) is 0 Å². The second-order valence-electron chi connectivity index (χ2n) is 6.63. The molecule has 23 heavy (non-hydrogen) atoms. The van der Waals surface area contributed by atoms with Crippen molar-refractivity contribution in [2.45, 2.75) is 44.1 Å². The van der Waals surface area contributed by atoms with Crippen LogP contribution < -0.4 is 9.47 Å². The highest BCUT2D eigenvalue weighted by Gasteiger charge is 2.45. The first-order valence-corrected chi connectivity index (χ1v) is 8.53. The summed E-state index contributed by atoms with van der Waals surface area (Å²) in [5.74, 6) is 1.60. The van der Waals surface area contributed by atoms with Gasteiger partial charge in [0.2, 0.25) is 0 Å². The van der Waals surface area contributed by atoms with Crippen LogP contribution in [-0.4, -0.2) is 43.4 Å². The van der Waals surface area contributed by atoms with Crippen LogP contribution in [0.3, 0.4) is 0 Å². The summed E-state index contributed by atoms with van der Waals surface area (Å²) in [5, 5.41) is 10.0. The van der Waals surface area contributed by atoms with E-state index in [1.165, 1.54) is 11.3 Å². The molecule has 0 bridgehead atoms. The van der Waals surface area contributed by atoms with Crippen molar-refractivity contribution in [1.82, 2.24) is 4.90 Å². The Morgan fingerprint density at radius 3 is 2.87 bits per heavy atom. The number of ether oxygens (including phenoxy) is 2. The Labute approximate surface area is 138 Å². The average Bonchev–Trinajstić information content (AvgIpc) is 2.90. The van der Waals surface area contributed by atoms with E-state index >= 15 is 0 Å². The molecule has 1 N–H and O–H groups in total. The quantitative estimate of drug-likeness (QED) is 0.906. The first-order chi connectivity index (χ1) is 11.1. The molecule has 3 rings (SSSR count). The smallest absolute Gasteiger partial charge is 0.161 e. The van der Waals surface area contributed by atoms with Crippen LogP contribution in [0.2, 0.25) is 0 Å². The summed E-state index contributed by atoms with van der Waals surface area (Å²) < 4.78 is 11.3. The van der Waals surface area contributed by atoms with Gasteiger partial charge in [0.05, 0.1) is 19.8 Å². The largest absolute Gasteiger partial charge is 0.493 e. The van der Waals surface area contributed by atoms with E-state index in [0.29, 0.717) is 6.61 Å². The fourth-order valence-electron chi connectivity index (χ4n) is 3.91. The summed E-state index contributed by atoms with van der Waals surface area (Å²) in [7, 11) is 3.79. The second kappa shape index (κ2) is 6.44. The summed E-state index contributed by atoms with van der Waals surface area (Å²) in [5.41, 5.74) is 2.53. The van der Waals surface area contributed by atoms with Crippen LogP contribution in [0.4, 0.5) is 0 Å². The molecule has 1 heterocycles. The fraction of sp³-hybridized carbons (Fsp3) is 0.579. The van der Waals surface area contributed by atoms with Crippen LogP contribution in [-0.2, 0) is 5.41 Å². The maximum absolute atomic E-state index is 10.0. The normalized spacial score (nSPS) is 26.7. The lowest BCUT2D eigenvalue weighted by Crippen LogP contribution is -2.33. The zero-order valence-electron chi connectivity index (χ0n) is 14.3. The number of fused-ring (bicyclic) bond motifs is 1. The molecule has 0 amide bonds. The molecule has 1 aromatic rings. The van der Waals surface area contributed by atoms with Gasteiger partial charge in [-0.3, -0.25) is 0 Å². The fourth-order valence-corrected chi connectivity index (χ4v) is 3.91. The van der Waals surface area contributed by atoms with E-state index in [-0.39, 0.29) is 11.5 Å². The van der Waals surface area contributed by atoms with Crippen LogP contribution in [0.1, 0.15) is 38.2 Å². The standard InChI is InChI=1S/C19H27NO3/c1-4-11-23-17-12-14(5-6-16(17)22-3)19-8-7-15(21)13-18(19)20(2)10-9-19/h5-6,12-13,15,21H,4,7-11H2,1-3H3/t15-,19+/m1/s1. The highest BCUT2D eigenvalue weighted by atomic mass is 16.5. The number of aliphatic hydroxyl groups excluding tert-OH is 1. The Bertz CT molecular complexity index is 598. The number of hydrogen-bond donors (Lipinski definition) is 1. The Hall–Kier alpha value is -1.68. The molecule has 126 valence electrons. The minimum atomic E-state index is -0.326. The SMILES string of the molecule is CCCOc1cc([C@@]23CC[C@@H](O)C=C2N(C)CC3)ccc1OC. The summed E-state index contributed by atoms with van der Waals surface area (Å²) >= 11 is 0. The van der Waals surface area contributed by atoms with Gasteiger partial charge in [-0.2, -0.15) is 0 Å². The van der Waals surface area contributed by atoms with Gasteiger partial charge in [-0.25, -0.2) is 0 Å². The van der Waals surface area contributed by atoms with Crippen molar-refractivity contribution in [3.63, 3.8) is 0 Å². The van der Waals surface area contributed by atoms with Crippen LogP contribution in [0.15, 0.2) is 30.0 Å². The van der Waals surface area contributed by atoms with E-state index in [1.807, 2.05) is 12.1 Å². The predicted molar refractivity (Wildman–Crippen MR) is 91.0 cm³/mol. The van der Waals surface area contributed by atoms with Crippen molar-refractivity contribution in [2.24, 2.45) is 0 Å². The molecule has 2 atom stereocenters. The minimum Gasteiger partial charge on any atom is -0.493 e. The maximum atomic E-state index is 10.0. The number of allylic oxidation sites excluding steroid dienone is 1. The van der Waals surface area contributed by atoms with E-state index in [0.717, 1.165) is 43.7 Å². The predicted octanol–water partition coefficient (Wildman–Crippen LogP) is 3.10. The van der Waals surface area contributed by atoms with Crippen LogP contribution in [0.5, 0.6) is 11.5 Å². The van der Waals surface area contributed by atoms with Gasteiger partial charge in [0.1, 0.15) is 0 Å². The molecule has 1 fully saturated rings. The third-order valence-corrected chi connectivity index (χ3v) is 5.17. The van der Waals surface area contributed by atoms with Gasteiger partial charge in [-0.1, -0.05) is 13.0 Å². The molecule has 0 saturated carbocycles. The summed E-state index contributed by atoms with van der Waals surface area (Å²) in [6.07, 6.45) is 5.55. The number of methoxy groups -OCH3 is 1. The number of benzene rings is 1. The molecular formula is C19H27NO3. The van der Waals surface area contributed by atoms with Crippen molar-refractivity contribution >= 4 is 0 Å². The van der Waals surface area contributed by atoms with Gasteiger partial charge < -0.3 is 19.5 Å². The van der Waals surface area contributed by atoms with Gasteiger partial charge in [0, 0.05) is 24.7 Å². The molecule has 4 nitrogen and oxygen atoms in total. The number of rotatable bonds is 5. The summed E-state index contributed by atoms with van der Waals surface area (Å²) in [4.78, 5) is 2.28. The summed E-state index contributed by atoms with van der Waals surface area (Å²) in [6.45, 7) is 3.81. The van der Waals surface area contributed by atoms with E-state index in [2.05, 4.69) is 31.0 Å². The molecule has 0 aromatic heterocycles. The van der Waals surface area contributed by atoms with Gasteiger partial charge in [0.25, 0.3) is 0 Å². The number of nitrogens with zero attached hydrogens (tertiary/aromatic N) is 1. The lowest BCUT2D eigenvalue weighted by molar-refractivity contribution is 0.181. The van der Waals surface area contributed by atoms with Crippen molar-refractivity contribution < 1.29 is 14.6 Å². The number of likely N-dealkylation sites (tertiary alicyclic amines) is 1. The number of likely N-dealkylation sites (N-methyl/N-ethyl adjacent to an activating group) is 1. The van der Waals surface area contributed by atoms with E-state index < -0.39 is 0 Å². The Morgan fingerprint density at radius 2 is 2.13 bits per heavy atom. The molecule has 1 aliphatic carbocycles. The molecule has 0 unspecified atom stereocenters. The van der Waals surface area contributed by atoms with Gasteiger partial charge in [0.15, 0.2) is 11.5 Å². The molecule has 1 aliphatic heterocycles. The molecule has 1 saturated heterocycles. The summed E-state index contributed by atoms with van der Waals surface area (Å²) in [6, 6.07) is 6.30. The molecule has 0 spiro atoms. The van der Waals surface area contributed by atoms with Gasteiger partial charge >= 0.3 is 0 Å². The van der Waals surface area contributed by atoms with E-state index in [1.54, 1.807) is 7.11 Å². The number of aliphatic hydroxyl groups is 1. The minimum absolute atomic E-state index is 0.00454. The van der Waals surface area contributed by atoms with Gasteiger partial charge in [-0.15, -0.1) is 0 Å². The Kier molecular flexibility index (Phi) is 4.53.